The summed E-state index contributed by atoms with van der Waals surface area (Å²) in [6.07, 6.45) is -0.384. The molecule has 1 aliphatic heterocycles. The third-order valence-corrected chi connectivity index (χ3v) is 4.28. The lowest BCUT2D eigenvalue weighted by Gasteiger charge is -2.27. The topological polar surface area (TPSA) is 88.5 Å². The smallest absolute Gasteiger partial charge is 0.282 e. The van der Waals surface area contributed by atoms with E-state index in [1.807, 2.05) is 66.0 Å². The molecule has 0 fully saturated rings. The molecule has 0 saturated carbocycles. The molecule has 2 aromatic carbocycles. The lowest BCUT2D eigenvalue weighted by Crippen LogP contribution is -2.34. The second-order valence-electron chi connectivity index (χ2n) is 6.13. The van der Waals surface area contributed by atoms with Crippen molar-refractivity contribution in [3.05, 3.63) is 64.4 Å². The quantitative estimate of drug-likeness (QED) is 0.745. The van der Waals surface area contributed by atoms with Gasteiger partial charge in [0, 0.05) is 19.8 Å². The number of hydrogen-bond donors (Lipinski definition) is 2. The van der Waals surface area contributed by atoms with E-state index >= 15 is 0 Å². The molecule has 126 valence electrons. The molecule has 25 heavy (non-hydrogen) atoms. The van der Waals surface area contributed by atoms with Gasteiger partial charge >= 0.3 is 0 Å². The molecule has 0 aliphatic carbocycles. The van der Waals surface area contributed by atoms with Crippen LogP contribution < -0.4 is 21.5 Å². The van der Waals surface area contributed by atoms with E-state index in [1.54, 1.807) is 6.07 Å². The number of anilines is 2. The summed E-state index contributed by atoms with van der Waals surface area (Å²) in [6.45, 7) is 0. The van der Waals surface area contributed by atoms with E-state index in [0.29, 0.717) is 11.3 Å². The summed E-state index contributed by atoms with van der Waals surface area (Å²) in [6, 6.07) is 15.5. The molecule has 0 bridgehead atoms. The predicted octanol–water partition coefficient (Wildman–Crippen LogP) is 1.75. The zero-order valence-corrected chi connectivity index (χ0v) is 14.0. The van der Waals surface area contributed by atoms with Gasteiger partial charge in [-0.2, -0.15) is 4.98 Å². The maximum Gasteiger partial charge on any atom is 0.282 e. The van der Waals surface area contributed by atoms with Crippen LogP contribution in [0.3, 0.4) is 0 Å². The van der Waals surface area contributed by atoms with Crippen molar-refractivity contribution in [1.82, 2.24) is 9.55 Å². The zero-order chi connectivity index (χ0) is 17.6. The van der Waals surface area contributed by atoms with Gasteiger partial charge in [0.2, 0.25) is 5.95 Å². The molecule has 0 unspecified atom stereocenters. The zero-order valence-electron chi connectivity index (χ0n) is 14.0. The van der Waals surface area contributed by atoms with E-state index in [4.69, 9.17) is 5.73 Å². The Morgan fingerprint density at radius 1 is 1.12 bits per heavy atom. The molecule has 0 saturated heterocycles. The van der Waals surface area contributed by atoms with Crippen LogP contribution in [0.4, 0.5) is 11.6 Å². The Hall–Kier alpha value is -3.35. The first-order valence-corrected chi connectivity index (χ1v) is 7.93. The van der Waals surface area contributed by atoms with Crippen molar-refractivity contribution < 1.29 is 0 Å². The van der Waals surface area contributed by atoms with Gasteiger partial charge in [-0.3, -0.25) is 14.7 Å². The number of nitrogens with zero attached hydrogens (tertiary/aromatic N) is 4. The molecule has 0 amide bonds. The molecule has 3 N–H and O–H groups in total. The van der Waals surface area contributed by atoms with Gasteiger partial charge < -0.3 is 10.6 Å². The Morgan fingerprint density at radius 2 is 1.84 bits per heavy atom. The molecule has 0 spiro atoms. The largest absolute Gasteiger partial charge is 0.378 e. The highest BCUT2D eigenvalue weighted by molar-refractivity contribution is 5.93. The molecule has 1 atom stereocenters. The van der Waals surface area contributed by atoms with Crippen molar-refractivity contribution in [2.75, 3.05) is 24.3 Å². The first-order chi connectivity index (χ1) is 12.0. The predicted molar refractivity (Wildman–Crippen MR) is 100 cm³/mol. The third kappa shape index (κ3) is 2.50. The van der Waals surface area contributed by atoms with Crippen LogP contribution in [-0.2, 0) is 0 Å². The molecule has 4 rings (SSSR count). The summed E-state index contributed by atoms with van der Waals surface area (Å²) < 4.78 is 1.90. The molecular formula is C18H18N6O. The fraction of sp³-hybridized carbons (Fsp3) is 0.167. The molecule has 2 heterocycles. The second kappa shape index (κ2) is 5.62. The molecule has 7 nitrogen and oxygen atoms in total. The Labute approximate surface area is 144 Å². The summed E-state index contributed by atoms with van der Waals surface area (Å²) in [5, 5.41) is 3.45. The highest BCUT2D eigenvalue weighted by Gasteiger charge is 2.24. The molecule has 3 aromatic rings. The van der Waals surface area contributed by atoms with E-state index in [1.165, 1.54) is 0 Å². The van der Waals surface area contributed by atoms with E-state index in [2.05, 4.69) is 15.3 Å². The summed E-state index contributed by atoms with van der Waals surface area (Å²) >= 11 is 0. The molecular weight excluding hydrogens is 316 g/mol. The lowest BCUT2D eigenvalue weighted by atomic mass is 10.1. The number of aliphatic imine (C=N–C) groups is 1. The van der Waals surface area contributed by atoms with Crippen molar-refractivity contribution in [3.63, 3.8) is 0 Å². The molecule has 7 heteroatoms. The van der Waals surface area contributed by atoms with Crippen LogP contribution in [-0.4, -0.2) is 29.6 Å². The SMILES string of the molecule is CN(C)c1ccc([C@@H]2N=C(N)Nc3nc(=O)c4ccccc4n32)cc1. The van der Waals surface area contributed by atoms with Crippen LogP contribution in [0.2, 0.25) is 0 Å². The van der Waals surface area contributed by atoms with Crippen molar-refractivity contribution >= 4 is 28.5 Å². The van der Waals surface area contributed by atoms with Gasteiger partial charge in [-0.1, -0.05) is 24.3 Å². The lowest BCUT2D eigenvalue weighted by molar-refractivity contribution is 0.616. The minimum absolute atomic E-state index is 0.240. The van der Waals surface area contributed by atoms with Gasteiger partial charge in [-0.15, -0.1) is 0 Å². The Morgan fingerprint density at radius 3 is 2.56 bits per heavy atom. The van der Waals surface area contributed by atoms with E-state index in [0.717, 1.165) is 16.8 Å². The van der Waals surface area contributed by atoms with Crippen molar-refractivity contribution in [2.24, 2.45) is 10.7 Å². The van der Waals surface area contributed by atoms with Crippen LogP contribution in [0.5, 0.6) is 0 Å². The number of benzene rings is 2. The second-order valence-corrected chi connectivity index (χ2v) is 6.13. The number of aromatic nitrogens is 2. The Balaban J connectivity index is 1.94. The monoisotopic (exact) mass is 334 g/mol. The van der Waals surface area contributed by atoms with E-state index < -0.39 is 0 Å². The van der Waals surface area contributed by atoms with Gasteiger partial charge in [0.25, 0.3) is 5.56 Å². The average Bonchev–Trinajstić information content (AvgIpc) is 2.61. The first kappa shape index (κ1) is 15.2. The number of hydrogen-bond acceptors (Lipinski definition) is 6. The van der Waals surface area contributed by atoms with Gasteiger partial charge in [0.15, 0.2) is 12.1 Å². The minimum atomic E-state index is -0.384. The van der Waals surface area contributed by atoms with Gasteiger partial charge in [0.1, 0.15) is 0 Å². The first-order valence-electron chi connectivity index (χ1n) is 7.93. The van der Waals surface area contributed by atoms with Gasteiger partial charge in [-0.25, -0.2) is 4.99 Å². The molecule has 0 radical (unpaired) electrons. The molecule has 1 aliphatic rings. The van der Waals surface area contributed by atoms with Crippen LogP contribution in [0, 0.1) is 0 Å². The maximum absolute atomic E-state index is 12.3. The van der Waals surface area contributed by atoms with Crippen LogP contribution in [0.15, 0.2) is 58.3 Å². The number of nitrogens with two attached hydrogens (primary N) is 1. The highest BCUT2D eigenvalue weighted by atomic mass is 16.1. The van der Waals surface area contributed by atoms with Crippen LogP contribution >= 0.6 is 0 Å². The number of fused-ring (bicyclic) bond motifs is 3. The Kier molecular flexibility index (Phi) is 3.42. The average molecular weight is 334 g/mol. The number of para-hydroxylation sites is 1. The van der Waals surface area contributed by atoms with Crippen LogP contribution in [0.25, 0.3) is 10.9 Å². The molecule has 1 aromatic heterocycles. The van der Waals surface area contributed by atoms with Crippen molar-refractivity contribution in [3.8, 4) is 0 Å². The number of guanidine groups is 1. The van der Waals surface area contributed by atoms with Gasteiger partial charge in [0.05, 0.1) is 10.9 Å². The summed E-state index contributed by atoms with van der Waals surface area (Å²) in [7, 11) is 3.99. The fourth-order valence-corrected chi connectivity index (χ4v) is 3.03. The third-order valence-electron chi connectivity index (χ3n) is 4.28. The minimum Gasteiger partial charge on any atom is -0.378 e. The summed E-state index contributed by atoms with van der Waals surface area (Å²) in [5.74, 6) is 0.641. The van der Waals surface area contributed by atoms with Crippen molar-refractivity contribution in [1.29, 1.82) is 0 Å². The summed E-state index contributed by atoms with van der Waals surface area (Å²) in [4.78, 5) is 23.0. The summed E-state index contributed by atoms with van der Waals surface area (Å²) in [5.41, 5.74) is 8.47. The van der Waals surface area contributed by atoms with Gasteiger partial charge in [-0.05, 0) is 29.8 Å². The van der Waals surface area contributed by atoms with Crippen molar-refractivity contribution in [2.45, 2.75) is 6.17 Å². The number of nitrogens with one attached hydrogen (secondary N) is 1. The van der Waals surface area contributed by atoms with Crippen LogP contribution in [0.1, 0.15) is 11.7 Å². The standard InChI is InChI=1S/C18H18N6O/c1-23(2)12-9-7-11(8-10-12)15-20-17(19)22-18-21-16(25)13-5-3-4-6-14(13)24(15)18/h3-10,15H,1-2H3,(H3,19,20,21,22,25)/t15-/m1/s1. The maximum atomic E-state index is 12.3. The Bertz CT molecular complexity index is 1040. The normalized spacial score (nSPS) is 16.1. The van der Waals surface area contributed by atoms with E-state index in [9.17, 15) is 4.79 Å². The fourth-order valence-electron chi connectivity index (χ4n) is 3.03. The number of rotatable bonds is 2. The highest BCUT2D eigenvalue weighted by Crippen LogP contribution is 2.30. The van der Waals surface area contributed by atoms with E-state index in [-0.39, 0.29) is 17.7 Å².